The summed E-state index contributed by atoms with van der Waals surface area (Å²) in [5.74, 6) is 0.246. The van der Waals surface area contributed by atoms with Crippen LogP contribution in [0.25, 0.3) is 0 Å². The number of fused-ring (bicyclic) bond motifs is 1. The third kappa shape index (κ3) is 0.981. The van der Waals surface area contributed by atoms with Crippen molar-refractivity contribution in [1.82, 2.24) is 15.0 Å². The van der Waals surface area contributed by atoms with Gasteiger partial charge in [0.1, 0.15) is 0 Å². The smallest absolute Gasteiger partial charge is 0.265 e. The average Bonchev–Trinajstić information content (AvgIpc) is 2.29. The molecule has 3 N–H and O–H groups in total. The van der Waals surface area contributed by atoms with Gasteiger partial charge in [0, 0.05) is 15.9 Å². The molecule has 6 nitrogen and oxygen atoms in total. The Labute approximate surface area is 73.9 Å². The van der Waals surface area contributed by atoms with Gasteiger partial charge < -0.3 is 0 Å². The molecular formula is C5H3BrN4O2+. The Balaban J connectivity index is 2.78. The van der Waals surface area contributed by atoms with Crippen molar-refractivity contribution in [2.75, 3.05) is 5.32 Å². The molecule has 0 spiro atoms. The second-order valence-electron chi connectivity index (χ2n) is 2.16. The van der Waals surface area contributed by atoms with Crippen LogP contribution in [0.2, 0.25) is 0 Å². The quantitative estimate of drug-likeness (QED) is 0.510. The third-order valence-electron chi connectivity index (χ3n) is 1.36. The van der Waals surface area contributed by atoms with Crippen LogP contribution in [0.15, 0.2) is 9.59 Å². The number of rotatable bonds is 0. The van der Waals surface area contributed by atoms with Crippen molar-refractivity contribution in [3.8, 4) is 0 Å². The van der Waals surface area contributed by atoms with E-state index in [1.807, 2.05) is 0 Å². The summed E-state index contributed by atoms with van der Waals surface area (Å²) in [6.07, 6.45) is 0. The van der Waals surface area contributed by atoms with Crippen LogP contribution < -0.4 is 21.6 Å². The third-order valence-corrected chi connectivity index (χ3v) is 1.74. The Kier molecular flexibility index (Phi) is 1.40. The number of nitrogens with zero attached hydrogens (tertiary/aromatic N) is 1. The molecule has 0 unspecified atom stereocenters. The van der Waals surface area contributed by atoms with Gasteiger partial charge in [-0.1, -0.05) is 4.99 Å². The Hall–Kier alpha value is -1.37. The van der Waals surface area contributed by atoms with Crippen molar-refractivity contribution < 1.29 is 0 Å². The van der Waals surface area contributed by atoms with Crippen LogP contribution in [0.4, 0.5) is 11.5 Å². The molecule has 0 amide bonds. The molecule has 0 aliphatic carbocycles. The van der Waals surface area contributed by atoms with Crippen molar-refractivity contribution in [1.29, 1.82) is 0 Å². The number of nitrogens with one attached hydrogen (secondary N) is 3. The second kappa shape index (κ2) is 2.31. The average molecular weight is 231 g/mol. The molecule has 0 saturated heterocycles. The first kappa shape index (κ1) is 7.29. The summed E-state index contributed by atoms with van der Waals surface area (Å²) in [6, 6.07) is 0. The summed E-state index contributed by atoms with van der Waals surface area (Å²) in [7, 11) is 0. The van der Waals surface area contributed by atoms with Gasteiger partial charge in [-0.25, -0.2) is 9.78 Å². The van der Waals surface area contributed by atoms with Gasteiger partial charge in [-0.3, -0.25) is 15.1 Å². The SMILES string of the molecule is O=c1[nH]c2c(c(=O)[nH]1)NC(Br)=[N+]2. The number of anilines is 1. The Morgan fingerprint density at radius 2 is 2.00 bits per heavy atom. The molecule has 0 fully saturated rings. The zero-order chi connectivity index (χ0) is 8.72. The van der Waals surface area contributed by atoms with E-state index in [2.05, 4.69) is 36.2 Å². The number of aromatic nitrogens is 2. The van der Waals surface area contributed by atoms with Gasteiger partial charge in [-0.2, -0.15) is 0 Å². The molecule has 1 aromatic rings. The largest absolute Gasteiger partial charge is 0.384 e. The van der Waals surface area contributed by atoms with Gasteiger partial charge in [0.05, 0.1) is 0 Å². The van der Waals surface area contributed by atoms with Crippen molar-refractivity contribution >= 4 is 32.2 Å². The molecule has 0 bridgehead atoms. The van der Waals surface area contributed by atoms with Crippen LogP contribution in [0.1, 0.15) is 0 Å². The molecule has 0 saturated carbocycles. The zero-order valence-electron chi connectivity index (χ0n) is 5.64. The molecule has 1 aliphatic rings. The topological polar surface area (TPSA) is 91.8 Å². The summed E-state index contributed by atoms with van der Waals surface area (Å²) in [5.41, 5.74) is -0.792. The normalized spacial score (nSPS) is 13.6. The molecule has 2 heterocycles. The summed E-state index contributed by atoms with van der Waals surface area (Å²) >= 11 is 3.04. The fourth-order valence-corrected chi connectivity index (χ4v) is 1.28. The number of H-pyrrole nitrogens is 2. The van der Waals surface area contributed by atoms with Crippen LogP contribution >= 0.6 is 15.9 Å². The van der Waals surface area contributed by atoms with E-state index in [-0.39, 0.29) is 11.5 Å². The first-order valence-electron chi connectivity index (χ1n) is 3.04. The number of hydrogen-bond donors (Lipinski definition) is 3. The molecule has 1 radical (unpaired) electrons. The molecule has 7 heteroatoms. The molecule has 2 rings (SSSR count). The van der Waals surface area contributed by atoms with E-state index in [9.17, 15) is 9.59 Å². The fourth-order valence-electron chi connectivity index (χ4n) is 0.904. The van der Waals surface area contributed by atoms with Gasteiger partial charge >= 0.3 is 16.3 Å². The predicted octanol–water partition coefficient (Wildman–Crippen LogP) is -0.793. The van der Waals surface area contributed by atoms with Gasteiger partial charge in [-0.05, 0) is 0 Å². The fraction of sp³-hybridized carbons (Fsp3) is 0. The van der Waals surface area contributed by atoms with Gasteiger partial charge in [0.25, 0.3) is 5.56 Å². The highest BCUT2D eigenvalue weighted by Crippen LogP contribution is 2.15. The van der Waals surface area contributed by atoms with Crippen molar-refractivity contribution in [3.05, 3.63) is 20.8 Å². The van der Waals surface area contributed by atoms with Crippen LogP contribution in [0, 0.1) is 0 Å². The Morgan fingerprint density at radius 1 is 1.25 bits per heavy atom. The van der Waals surface area contributed by atoms with Crippen molar-refractivity contribution in [2.45, 2.75) is 0 Å². The van der Waals surface area contributed by atoms with E-state index in [0.29, 0.717) is 4.74 Å². The maximum absolute atomic E-state index is 11.0. The lowest BCUT2D eigenvalue weighted by Gasteiger charge is -1.85. The molecular weight excluding hydrogens is 228 g/mol. The lowest BCUT2D eigenvalue weighted by Crippen LogP contribution is -2.23. The minimum Gasteiger partial charge on any atom is -0.265 e. The van der Waals surface area contributed by atoms with E-state index in [0.717, 1.165) is 0 Å². The number of aromatic amines is 2. The zero-order valence-corrected chi connectivity index (χ0v) is 7.23. The first-order chi connectivity index (χ1) is 5.66. The minimum atomic E-state index is -0.563. The van der Waals surface area contributed by atoms with E-state index in [4.69, 9.17) is 0 Å². The lowest BCUT2D eigenvalue weighted by molar-refractivity contribution is 1.03. The van der Waals surface area contributed by atoms with Crippen molar-refractivity contribution in [3.63, 3.8) is 0 Å². The summed E-state index contributed by atoms with van der Waals surface area (Å²) in [6.45, 7) is 0. The number of amidine groups is 1. The first-order valence-corrected chi connectivity index (χ1v) is 3.84. The van der Waals surface area contributed by atoms with Gasteiger partial charge in [0.15, 0.2) is 0 Å². The van der Waals surface area contributed by atoms with Crippen LogP contribution in [0.3, 0.4) is 0 Å². The highest BCUT2D eigenvalue weighted by atomic mass is 79.9. The maximum atomic E-state index is 11.0. The molecule has 61 valence electrons. The molecule has 0 atom stereocenters. The molecule has 1 aromatic heterocycles. The van der Waals surface area contributed by atoms with Crippen molar-refractivity contribution in [2.24, 2.45) is 0 Å². The van der Waals surface area contributed by atoms with Crippen LogP contribution in [-0.2, 0) is 0 Å². The van der Waals surface area contributed by atoms with E-state index in [1.165, 1.54) is 0 Å². The Morgan fingerprint density at radius 3 is 2.75 bits per heavy atom. The summed E-state index contributed by atoms with van der Waals surface area (Å²) in [5, 5.41) is 2.65. The summed E-state index contributed by atoms with van der Waals surface area (Å²) in [4.78, 5) is 30.0. The van der Waals surface area contributed by atoms with Gasteiger partial charge in [0.2, 0.25) is 5.69 Å². The Bertz CT molecular complexity index is 471. The lowest BCUT2D eigenvalue weighted by atomic mass is 10.5. The number of halogens is 1. The number of aliphatic imine (C=N–C) groups is 1. The maximum Gasteiger partial charge on any atom is 0.384 e. The van der Waals surface area contributed by atoms with Crippen LogP contribution in [0.5, 0.6) is 0 Å². The highest BCUT2D eigenvalue weighted by Gasteiger charge is 2.25. The second-order valence-corrected chi connectivity index (χ2v) is 2.91. The monoisotopic (exact) mass is 230 g/mol. The standard InChI is InChI=1S/C5H3BrN4O2/c6-4-7-1-2(8-4)9-5(12)10-3(1)11/h7H,(H2,9,10,11,12)/q+1. The van der Waals surface area contributed by atoms with E-state index in [1.54, 1.807) is 0 Å². The number of hydrogen-bond acceptors (Lipinski definition) is 4. The van der Waals surface area contributed by atoms with Crippen LogP contribution in [-0.4, -0.2) is 14.7 Å². The molecule has 1 aliphatic heterocycles. The van der Waals surface area contributed by atoms with E-state index < -0.39 is 11.2 Å². The van der Waals surface area contributed by atoms with Gasteiger partial charge in [-0.15, -0.1) is 0 Å². The predicted molar refractivity (Wildman–Crippen MR) is 47.0 cm³/mol. The summed E-state index contributed by atoms with van der Waals surface area (Å²) < 4.78 is 0.407. The minimum absolute atomic E-state index is 0.246. The molecule has 0 aromatic carbocycles. The van der Waals surface area contributed by atoms with E-state index >= 15 is 0 Å². The molecule has 12 heavy (non-hydrogen) atoms. The highest BCUT2D eigenvalue weighted by molar-refractivity contribution is 9.18.